The van der Waals surface area contributed by atoms with E-state index < -0.39 is 0 Å². The fourth-order valence-electron chi connectivity index (χ4n) is 2.16. The molecule has 1 amide bonds. The number of halogens is 1. The lowest BCUT2D eigenvalue weighted by Crippen LogP contribution is -2.24. The SMILES string of the molecule is O=C(Cc1coc(-c2ccccc2)n1)NCc1ccccc1Cl. The lowest BCUT2D eigenvalue weighted by Gasteiger charge is -2.05. The summed E-state index contributed by atoms with van der Waals surface area (Å²) >= 11 is 6.06. The first kappa shape index (κ1) is 15.3. The van der Waals surface area contributed by atoms with Gasteiger partial charge < -0.3 is 9.73 Å². The van der Waals surface area contributed by atoms with Gasteiger partial charge in [0, 0.05) is 17.1 Å². The zero-order valence-electron chi connectivity index (χ0n) is 12.3. The Bertz CT molecular complexity index is 800. The van der Waals surface area contributed by atoms with Crippen molar-refractivity contribution in [1.82, 2.24) is 10.3 Å². The van der Waals surface area contributed by atoms with Crippen LogP contribution in [0.1, 0.15) is 11.3 Å². The van der Waals surface area contributed by atoms with Crippen molar-refractivity contribution in [2.24, 2.45) is 0 Å². The maximum atomic E-state index is 12.0. The average Bonchev–Trinajstić information content (AvgIpc) is 3.03. The van der Waals surface area contributed by atoms with E-state index in [-0.39, 0.29) is 12.3 Å². The van der Waals surface area contributed by atoms with Crippen LogP contribution in [0.5, 0.6) is 0 Å². The molecule has 3 rings (SSSR count). The van der Waals surface area contributed by atoms with Gasteiger partial charge in [0.15, 0.2) is 0 Å². The molecule has 0 radical (unpaired) electrons. The molecule has 0 fully saturated rings. The van der Waals surface area contributed by atoms with Gasteiger partial charge in [0.1, 0.15) is 6.26 Å². The van der Waals surface area contributed by atoms with E-state index in [9.17, 15) is 4.79 Å². The summed E-state index contributed by atoms with van der Waals surface area (Å²) in [5, 5.41) is 3.47. The standard InChI is InChI=1S/C18H15ClN2O2/c19-16-9-5-4-8-14(16)11-20-17(22)10-15-12-23-18(21-15)13-6-2-1-3-7-13/h1-9,12H,10-11H2,(H,20,22). The molecule has 5 heteroatoms. The Morgan fingerprint density at radius 2 is 1.83 bits per heavy atom. The Morgan fingerprint density at radius 3 is 2.61 bits per heavy atom. The quantitative estimate of drug-likeness (QED) is 0.774. The van der Waals surface area contributed by atoms with Crippen LogP contribution in [0.25, 0.3) is 11.5 Å². The maximum Gasteiger partial charge on any atom is 0.226 e. The Balaban J connectivity index is 1.58. The van der Waals surface area contributed by atoms with Crippen molar-refractivity contribution in [2.45, 2.75) is 13.0 Å². The number of carbonyl (C=O) groups excluding carboxylic acids is 1. The number of nitrogens with zero attached hydrogens (tertiary/aromatic N) is 1. The third-order valence-electron chi connectivity index (χ3n) is 3.35. The lowest BCUT2D eigenvalue weighted by atomic mass is 10.2. The number of hydrogen-bond acceptors (Lipinski definition) is 3. The van der Waals surface area contributed by atoms with Crippen molar-refractivity contribution in [3.05, 3.63) is 77.1 Å². The number of amides is 1. The van der Waals surface area contributed by atoms with E-state index in [0.717, 1.165) is 11.1 Å². The topological polar surface area (TPSA) is 55.1 Å². The zero-order chi connectivity index (χ0) is 16.1. The van der Waals surface area contributed by atoms with E-state index in [1.165, 1.54) is 6.26 Å². The largest absolute Gasteiger partial charge is 0.444 e. The molecule has 2 aromatic carbocycles. The minimum atomic E-state index is -0.127. The van der Waals surface area contributed by atoms with Crippen molar-refractivity contribution >= 4 is 17.5 Å². The molecule has 0 aliphatic carbocycles. The van der Waals surface area contributed by atoms with E-state index in [1.807, 2.05) is 48.5 Å². The van der Waals surface area contributed by atoms with Crippen LogP contribution < -0.4 is 5.32 Å². The van der Waals surface area contributed by atoms with Crippen LogP contribution in [-0.2, 0) is 17.8 Å². The highest BCUT2D eigenvalue weighted by molar-refractivity contribution is 6.31. The Morgan fingerprint density at radius 1 is 1.09 bits per heavy atom. The van der Waals surface area contributed by atoms with Gasteiger partial charge in [0.05, 0.1) is 12.1 Å². The van der Waals surface area contributed by atoms with Gasteiger partial charge in [-0.25, -0.2) is 4.98 Å². The fraction of sp³-hybridized carbons (Fsp3) is 0.111. The zero-order valence-corrected chi connectivity index (χ0v) is 13.1. The number of carbonyl (C=O) groups is 1. The van der Waals surface area contributed by atoms with E-state index >= 15 is 0 Å². The Hall–Kier alpha value is -2.59. The van der Waals surface area contributed by atoms with E-state index in [1.54, 1.807) is 6.07 Å². The number of aromatic nitrogens is 1. The van der Waals surface area contributed by atoms with Gasteiger partial charge in [-0.1, -0.05) is 48.0 Å². The number of hydrogen-bond donors (Lipinski definition) is 1. The third kappa shape index (κ3) is 3.99. The second-order valence-electron chi connectivity index (χ2n) is 5.05. The fourth-order valence-corrected chi connectivity index (χ4v) is 2.37. The van der Waals surface area contributed by atoms with Gasteiger partial charge in [-0.3, -0.25) is 4.79 Å². The molecule has 0 atom stereocenters. The first-order chi connectivity index (χ1) is 11.2. The third-order valence-corrected chi connectivity index (χ3v) is 3.72. The van der Waals surface area contributed by atoms with Gasteiger partial charge in [0.2, 0.25) is 11.8 Å². The molecule has 1 heterocycles. The van der Waals surface area contributed by atoms with Crippen LogP contribution in [0, 0.1) is 0 Å². The molecule has 116 valence electrons. The summed E-state index contributed by atoms with van der Waals surface area (Å²) in [6.07, 6.45) is 1.68. The summed E-state index contributed by atoms with van der Waals surface area (Å²) in [6.45, 7) is 0.391. The highest BCUT2D eigenvalue weighted by atomic mass is 35.5. The smallest absolute Gasteiger partial charge is 0.226 e. The predicted molar refractivity (Wildman–Crippen MR) is 88.9 cm³/mol. The molecule has 0 aliphatic rings. The molecule has 0 saturated carbocycles. The molecule has 3 aromatic rings. The summed E-state index contributed by atoms with van der Waals surface area (Å²) in [5.41, 5.74) is 2.36. The lowest BCUT2D eigenvalue weighted by molar-refractivity contribution is -0.120. The first-order valence-corrected chi connectivity index (χ1v) is 7.60. The second kappa shape index (κ2) is 7.11. The molecule has 0 unspecified atom stereocenters. The monoisotopic (exact) mass is 326 g/mol. The molecule has 23 heavy (non-hydrogen) atoms. The second-order valence-corrected chi connectivity index (χ2v) is 5.46. The molecule has 1 N–H and O–H groups in total. The highest BCUT2D eigenvalue weighted by Crippen LogP contribution is 2.18. The molecule has 1 aromatic heterocycles. The Kier molecular flexibility index (Phi) is 4.74. The summed E-state index contributed by atoms with van der Waals surface area (Å²) in [6, 6.07) is 17.0. The van der Waals surface area contributed by atoms with Gasteiger partial charge in [-0.2, -0.15) is 0 Å². The normalized spacial score (nSPS) is 10.5. The summed E-state index contributed by atoms with van der Waals surface area (Å²) in [4.78, 5) is 16.3. The number of nitrogens with one attached hydrogen (secondary N) is 1. The van der Waals surface area contributed by atoms with Gasteiger partial charge in [-0.15, -0.1) is 0 Å². The molecule has 0 spiro atoms. The highest BCUT2D eigenvalue weighted by Gasteiger charge is 2.10. The predicted octanol–water partition coefficient (Wildman–Crippen LogP) is 3.85. The molecule has 4 nitrogen and oxygen atoms in total. The minimum absolute atomic E-state index is 0.127. The molecule has 0 aliphatic heterocycles. The summed E-state index contributed by atoms with van der Waals surface area (Å²) in [5.74, 6) is 0.386. The average molecular weight is 327 g/mol. The van der Waals surface area contributed by atoms with Gasteiger partial charge >= 0.3 is 0 Å². The maximum absolute atomic E-state index is 12.0. The van der Waals surface area contributed by atoms with E-state index in [2.05, 4.69) is 10.3 Å². The van der Waals surface area contributed by atoms with Crippen LogP contribution in [0.15, 0.2) is 65.3 Å². The summed E-state index contributed by atoms with van der Waals surface area (Å²) in [7, 11) is 0. The van der Waals surface area contributed by atoms with Crippen LogP contribution in [0.2, 0.25) is 5.02 Å². The first-order valence-electron chi connectivity index (χ1n) is 7.22. The van der Waals surface area contributed by atoms with Crippen molar-refractivity contribution in [3.63, 3.8) is 0 Å². The number of rotatable bonds is 5. The minimum Gasteiger partial charge on any atom is -0.444 e. The van der Waals surface area contributed by atoms with Crippen LogP contribution in [-0.4, -0.2) is 10.9 Å². The molecular weight excluding hydrogens is 312 g/mol. The van der Waals surface area contributed by atoms with Gasteiger partial charge in [-0.05, 0) is 23.8 Å². The van der Waals surface area contributed by atoms with Crippen molar-refractivity contribution < 1.29 is 9.21 Å². The molecule has 0 bridgehead atoms. The van der Waals surface area contributed by atoms with Crippen LogP contribution >= 0.6 is 11.6 Å². The van der Waals surface area contributed by atoms with E-state index in [4.69, 9.17) is 16.0 Å². The Labute approximate surface area is 139 Å². The number of oxazole rings is 1. The van der Waals surface area contributed by atoms with Crippen LogP contribution in [0.3, 0.4) is 0 Å². The summed E-state index contributed by atoms with van der Waals surface area (Å²) < 4.78 is 5.42. The molecular formula is C18H15ClN2O2. The van der Waals surface area contributed by atoms with Gasteiger partial charge in [0.25, 0.3) is 0 Å². The van der Waals surface area contributed by atoms with Crippen LogP contribution in [0.4, 0.5) is 0 Å². The number of benzene rings is 2. The molecule has 0 saturated heterocycles. The van der Waals surface area contributed by atoms with E-state index in [0.29, 0.717) is 23.2 Å². The van der Waals surface area contributed by atoms with Crippen molar-refractivity contribution in [3.8, 4) is 11.5 Å². The van der Waals surface area contributed by atoms with Crippen molar-refractivity contribution in [2.75, 3.05) is 0 Å². The van der Waals surface area contributed by atoms with Crippen molar-refractivity contribution in [1.29, 1.82) is 0 Å².